The molecule has 1 saturated heterocycles. The first-order valence-electron chi connectivity index (χ1n) is 17.3. The molecule has 1 aliphatic heterocycles. The van der Waals surface area contributed by atoms with E-state index in [4.69, 9.17) is 21.0 Å². The molecule has 1 saturated carbocycles. The zero-order chi connectivity index (χ0) is 31.2. The number of hydrogen-bond donors (Lipinski definition) is 0. The third-order valence-electron chi connectivity index (χ3n) is 10.5. The molecule has 0 bridgehead atoms. The molecule has 5 rings (SSSR count). The van der Waals surface area contributed by atoms with Gasteiger partial charge in [0.1, 0.15) is 5.69 Å². The first kappa shape index (κ1) is 33.0. The van der Waals surface area contributed by atoms with Gasteiger partial charge < -0.3 is 14.2 Å². The second kappa shape index (κ2) is 15.3. The summed E-state index contributed by atoms with van der Waals surface area (Å²) in [5, 5.41) is 0.809. The summed E-state index contributed by atoms with van der Waals surface area (Å²) < 4.78 is 6.97. The van der Waals surface area contributed by atoms with Gasteiger partial charge in [-0.2, -0.15) is 0 Å². The van der Waals surface area contributed by atoms with E-state index in [1.54, 1.807) is 0 Å². The maximum atomic E-state index is 6.97. The Labute approximate surface area is 272 Å². The Morgan fingerprint density at radius 1 is 0.886 bits per heavy atom. The summed E-state index contributed by atoms with van der Waals surface area (Å²) in [5.74, 6) is 3.27. The maximum Gasteiger partial charge on any atom is 0.220 e. The fourth-order valence-corrected chi connectivity index (χ4v) is 8.34. The van der Waals surface area contributed by atoms with Crippen LogP contribution in [0.25, 0.3) is 0 Å². The highest BCUT2D eigenvalue weighted by molar-refractivity contribution is 6.30. The van der Waals surface area contributed by atoms with E-state index in [0.717, 1.165) is 48.4 Å². The number of benzene rings is 2. The van der Waals surface area contributed by atoms with Gasteiger partial charge in [-0.3, -0.25) is 4.90 Å². The van der Waals surface area contributed by atoms with Crippen LogP contribution < -0.4 is 4.90 Å². The average molecular weight is 619 g/mol. The number of halogens is 1. The van der Waals surface area contributed by atoms with Crippen molar-refractivity contribution in [2.45, 2.75) is 110 Å². The number of piperidine rings is 1. The second-order valence-electron chi connectivity index (χ2n) is 13.7. The first-order chi connectivity index (χ1) is 21.3. The summed E-state index contributed by atoms with van der Waals surface area (Å²) in [7, 11) is 4.44. The minimum absolute atomic E-state index is 0.200. The fraction of sp³-hybridized carbons (Fsp3) is 0.605. The largest absolute Gasteiger partial charge is 0.423 e. The number of hydrogen-bond acceptors (Lipinski definition) is 5. The van der Waals surface area contributed by atoms with E-state index in [2.05, 4.69) is 99.0 Å². The van der Waals surface area contributed by atoms with E-state index in [1.807, 2.05) is 12.1 Å². The van der Waals surface area contributed by atoms with Gasteiger partial charge in [0, 0.05) is 29.6 Å². The van der Waals surface area contributed by atoms with Crippen LogP contribution in [0.3, 0.4) is 0 Å². The molecular weight excluding hydrogens is 564 g/mol. The standard InChI is InChI=1S/C38H55ClN4O/c1-7-42(8-2)35(26-30-17-19-31(20-18-30)36(41(5)6)32-21-23-33(39)24-22-32)37-40-34(25-29-15-10-9-11-16-29)38(44-37)43-27(3)13-12-14-28(43)4/h9-11,15-16,21-24,27-28,30-31,35-36H,7-8,12-14,17-20,25-26H2,1-6H3. The molecule has 240 valence electrons. The highest BCUT2D eigenvalue weighted by Gasteiger charge is 2.36. The molecule has 2 fully saturated rings. The molecule has 4 atom stereocenters. The molecule has 1 aromatic heterocycles. The Morgan fingerprint density at radius 2 is 1.52 bits per heavy atom. The van der Waals surface area contributed by atoms with Crippen molar-refractivity contribution in [2.75, 3.05) is 32.1 Å². The lowest BCUT2D eigenvalue weighted by Gasteiger charge is -2.39. The lowest BCUT2D eigenvalue weighted by molar-refractivity contribution is 0.112. The lowest BCUT2D eigenvalue weighted by Crippen LogP contribution is -2.44. The van der Waals surface area contributed by atoms with E-state index in [9.17, 15) is 0 Å². The molecule has 3 aromatic rings. The molecule has 6 heteroatoms. The number of oxazole rings is 1. The molecule has 1 aliphatic carbocycles. The van der Waals surface area contributed by atoms with E-state index in [1.165, 1.54) is 56.1 Å². The molecule has 2 heterocycles. The molecule has 2 aromatic carbocycles. The minimum Gasteiger partial charge on any atom is -0.423 e. The van der Waals surface area contributed by atoms with Gasteiger partial charge in [0.25, 0.3) is 0 Å². The van der Waals surface area contributed by atoms with Gasteiger partial charge in [-0.25, -0.2) is 4.98 Å². The van der Waals surface area contributed by atoms with Crippen LogP contribution in [0.4, 0.5) is 5.88 Å². The minimum atomic E-state index is 0.200. The number of anilines is 1. The van der Waals surface area contributed by atoms with Crippen LogP contribution in [-0.4, -0.2) is 54.1 Å². The van der Waals surface area contributed by atoms with Crippen LogP contribution >= 0.6 is 11.6 Å². The Bertz CT molecular complexity index is 1270. The van der Waals surface area contributed by atoms with Gasteiger partial charge in [-0.05, 0) is 115 Å². The van der Waals surface area contributed by atoms with Crippen LogP contribution in [-0.2, 0) is 6.42 Å². The van der Waals surface area contributed by atoms with Crippen LogP contribution in [0.2, 0.25) is 5.02 Å². The zero-order valence-electron chi connectivity index (χ0n) is 28.0. The molecule has 0 spiro atoms. The van der Waals surface area contributed by atoms with Crippen LogP contribution in [0.15, 0.2) is 59.0 Å². The predicted octanol–water partition coefficient (Wildman–Crippen LogP) is 9.57. The van der Waals surface area contributed by atoms with Crippen molar-refractivity contribution < 1.29 is 4.42 Å². The molecule has 2 aliphatic rings. The molecule has 0 radical (unpaired) electrons. The highest BCUT2D eigenvalue weighted by atomic mass is 35.5. The van der Waals surface area contributed by atoms with Crippen molar-refractivity contribution in [1.29, 1.82) is 0 Å². The van der Waals surface area contributed by atoms with Gasteiger partial charge in [0.15, 0.2) is 0 Å². The summed E-state index contributed by atoms with van der Waals surface area (Å²) in [6.07, 6.45) is 10.6. The molecular formula is C38H55ClN4O. The van der Waals surface area contributed by atoms with Crippen molar-refractivity contribution >= 4 is 17.5 Å². The summed E-state index contributed by atoms with van der Waals surface area (Å²) >= 11 is 6.23. The van der Waals surface area contributed by atoms with Gasteiger partial charge in [0.05, 0.1) is 6.04 Å². The zero-order valence-corrected chi connectivity index (χ0v) is 28.8. The summed E-state index contributed by atoms with van der Waals surface area (Å²) in [6, 6.07) is 20.8. The van der Waals surface area contributed by atoms with E-state index < -0.39 is 0 Å². The average Bonchev–Trinajstić information content (AvgIpc) is 3.42. The van der Waals surface area contributed by atoms with E-state index >= 15 is 0 Å². The van der Waals surface area contributed by atoms with Crippen molar-refractivity contribution in [3.8, 4) is 0 Å². The van der Waals surface area contributed by atoms with Crippen LogP contribution in [0, 0.1) is 11.8 Å². The van der Waals surface area contributed by atoms with Crippen molar-refractivity contribution in [2.24, 2.45) is 11.8 Å². The Kier molecular flexibility index (Phi) is 11.5. The van der Waals surface area contributed by atoms with Gasteiger partial charge in [0.2, 0.25) is 11.8 Å². The maximum absolute atomic E-state index is 6.97. The number of rotatable bonds is 12. The van der Waals surface area contributed by atoms with Crippen LogP contribution in [0.5, 0.6) is 0 Å². The van der Waals surface area contributed by atoms with Crippen molar-refractivity contribution in [1.82, 2.24) is 14.8 Å². The highest BCUT2D eigenvalue weighted by Crippen LogP contribution is 2.44. The van der Waals surface area contributed by atoms with Crippen LogP contribution in [0.1, 0.15) is 114 Å². The summed E-state index contributed by atoms with van der Waals surface area (Å²) in [4.78, 5) is 12.9. The fourth-order valence-electron chi connectivity index (χ4n) is 8.21. The molecule has 0 N–H and O–H groups in total. The third-order valence-corrected chi connectivity index (χ3v) is 10.8. The predicted molar refractivity (Wildman–Crippen MR) is 185 cm³/mol. The van der Waals surface area contributed by atoms with E-state index in [-0.39, 0.29) is 6.04 Å². The molecule has 5 nitrogen and oxygen atoms in total. The van der Waals surface area contributed by atoms with Gasteiger partial charge in [-0.1, -0.05) is 80.8 Å². The van der Waals surface area contributed by atoms with Crippen molar-refractivity contribution in [3.05, 3.63) is 82.3 Å². The Balaban J connectivity index is 1.38. The number of aromatic nitrogens is 1. The summed E-state index contributed by atoms with van der Waals surface area (Å²) in [6.45, 7) is 11.3. The van der Waals surface area contributed by atoms with E-state index in [0.29, 0.717) is 30.0 Å². The number of nitrogens with zero attached hydrogens (tertiary/aromatic N) is 4. The second-order valence-corrected chi connectivity index (χ2v) is 14.2. The topological polar surface area (TPSA) is 35.8 Å². The Morgan fingerprint density at radius 3 is 2.11 bits per heavy atom. The quantitative estimate of drug-likeness (QED) is 0.202. The SMILES string of the molecule is CCN(CC)C(CC1CCC(C(c2ccc(Cl)cc2)N(C)C)CC1)c1nc(Cc2ccccc2)c(N2C(C)CCCC2C)o1. The lowest BCUT2D eigenvalue weighted by atomic mass is 9.74. The van der Waals surface area contributed by atoms with Gasteiger partial charge >= 0.3 is 0 Å². The molecule has 44 heavy (non-hydrogen) atoms. The monoisotopic (exact) mass is 618 g/mol. The molecule has 4 unspecified atom stereocenters. The normalized spacial score (nSPS) is 24.2. The third kappa shape index (κ3) is 7.71. The smallest absolute Gasteiger partial charge is 0.220 e. The van der Waals surface area contributed by atoms with Crippen molar-refractivity contribution in [3.63, 3.8) is 0 Å². The van der Waals surface area contributed by atoms with Gasteiger partial charge in [-0.15, -0.1) is 0 Å². The molecule has 0 amide bonds. The Hall–Kier alpha value is -2.34. The first-order valence-corrected chi connectivity index (χ1v) is 17.6. The summed E-state index contributed by atoms with van der Waals surface area (Å²) in [5.41, 5.74) is 3.77.